The normalized spacial score (nSPS) is 23.2. The van der Waals surface area contributed by atoms with Crippen molar-refractivity contribution in [2.24, 2.45) is 0 Å². The molecule has 1 fully saturated rings. The van der Waals surface area contributed by atoms with Crippen LogP contribution in [0, 0.1) is 0 Å². The molecule has 0 aromatic carbocycles. The first-order chi connectivity index (χ1) is 8.58. The summed E-state index contributed by atoms with van der Waals surface area (Å²) in [6.45, 7) is 1.88. The van der Waals surface area contributed by atoms with Crippen molar-refractivity contribution in [2.45, 2.75) is 31.3 Å². The Kier molecular flexibility index (Phi) is 2.20. The molecule has 5 heteroatoms. The third-order valence-electron chi connectivity index (χ3n) is 3.83. The maximum atomic E-state index is 11.8. The van der Waals surface area contributed by atoms with Crippen LogP contribution >= 0.6 is 0 Å². The summed E-state index contributed by atoms with van der Waals surface area (Å²) in [4.78, 5) is 27.6. The molecule has 1 aliphatic heterocycles. The fraction of sp³-hybridized carbons (Fsp3) is 0.462. The molecule has 0 amide bonds. The van der Waals surface area contributed by atoms with E-state index in [-0.39, 0.29) is 23.2 Å². The van der Waals surface area contributed by atoms with E-state index in [1.165, 1.54) is 13.2 Å². The molecule has 94 valence electrons. The number of pyridine rings is 1. The van der Waals surface area contributed by atoms with Gasteiger partial charge < -0.3 is 9.47 Å². The quantitative estimate of drug-likeness (QED) is 0.703. The average Bonchev–Trinajstić information content (AvgIpc) is 3.17. The Morgan fingerprint density at radius 3 is 2.83 bits per heavy atom. The van der Waals surface area contributed by atoms with Crippen LogP contribution in [0.15, 0.2) is 12.1 Å². The van der Waals surface area contributed by atoms with Gasteiger partial charge in [-0.05, 0) is 31.9 Å². The SMILES string of the molecule is COC(=O)c1ccc2c(n1)C1(CC1)C(C)OC2=O. The number of fused-ring (bicyclic) bond motifs is 2. The van der Waals surface area contributed by atoms with Gasteiger partial charge in [0.2, 0.25) is 0 Å². The molecule has 2 heterocycles. The van der Waals surface area contributed by atoms with Crippen LogP contribution in [0.3, 0.4) is 0 Å². The Bertz CT molecular complexity index is 548. The van der Waals surface area contributed by atoms with Crippen LogP contribution in [0.5, 0.6) is 0 Å². The smallest absolute Gasteiger partial charge is 0.356 e. The topological polar surface area (TPSA) is 65.5 Å². The van der Waals surface area contributed by atoms with Gasteiger partial charge in [0.1, 0.15) is 11.8 Å². The highest BCUT2D eigenvalue weighted by molar-refractivity contribution is 5.94. The number of methoxy groups -OCH3 is 1. The minimum absolute atomic E-state index is 0.183. The summed E-state index contributed by atoms with van der Waals surface area (Å²) in [5, 5.41) is 0. The van der Waals surface area contributed by atoms with Crippen LogP contribution in [-0.2, 0) is 14.9 Å². The highest BCUT2D eigenvalue weighted by Crippen LogP contribution is 2.54. The number of cyclic esters (lactones) is 1. The zero-order chi connectivity index (χ0) is 12.9. The minimum atomic E-state index is -0.486. The van der Waals surface area contributed by atoms with Gasteiger partial charge in [-0.25, -0.2) is 14.6 Å². The van der Waals surface area contributed by atoms with Gasteiger partial charge in [0.05, 0.1) is 23.8 Å². The van der Waals surface area contributed by atoms with Crippen molar-refractivity contribution >= 4 is 11.9 Å². The van der Waals surface area contributed by atoms with Crippen molar-refractivity contribution in [3.05, 3.63) is 29.1 Å². The summed E-state index contributed by atoms with van der Waals surface area (Å²) < 4.78 is 9.97. The number of hydrogen-bond donors (Lipinski definition) is 0. The molecule has 3 rings (SSSR count). The van der Waals surface area contributed by atoms with Gasteiger partial charge in [0.15, 0.2) is 0 Å². The second kappa shape index (κ2) is 3.54. The van der Waals surface area contributed by atoms with Crippen molar-refractivity contribution in [1.29, 1.82) is 0 Å². The third-order valence-corrected chi connectivity index (χ3v) is 3.83. The molecule has 1 unspecified atom stereocenters. The second-order valence-corrected chi connectivity index (χ2v) is 4.79. The predicted octanol–water partition coefficient (Wildman–Crippen LogP) is 1.46. The van der Waals surface area contributed by atoms with Crippen molar-refractivity contribution in [3.8, 4) is 0 Å². The number of aromatic nitrogens is 1. The van der Waals surface area contributed by atoms with Crippen LogP contribution in [0.4, 0.5) is 0 Å². The standard InChI is InChI=1S/C13H13NO4/c1-7-13(5-6-13)10-8(11(15)18-7)3-4-9(14-10)12(16)17-2/h3-4,7H,5-6H2,1-2H3. The largest absolute Gasteiger partial charge is 0.464 e. The van der Waals surface area contributed by atoms with E-state index in [1.54, 1.807) is 6.07 Å². The number of hydrogen-bond acceptors (Lipinski definition) is 5. The van der Waals surface area contributed by atoms with Crippen LogP contribution < -0.4 is 0 Å². The Hall–Kier alpha value is -1.91. The van der Waals surface area contributed by atoms with Gasteiger partial charge in [-0.2, -0.15) is 0 Å². The van der Waals surface area contributed by atoms with Crippen LogP contribution in [0.25, 0.3) is 0 Å². The summed E-state index contributed by atoms with van der Waals surface area (Å²) in [6.07, 6.45) is 1.69. The van der Waals surface area contributed by atoms with Crippen molar-refractivity contribution in [2.75, 3.05) is 7.11 Å². The molecule has 2 aliphatic rings. The van der Waals surface area contributed by atoms with Crippen LogP contribution in [0.1, 0.15) is 46.3 Å². The third kappa shape index (κ3) is 1.36. The monoisotopic (exact) mass is 247 g/mol. The Balaban J connectivity index is 2.14. The molecule has 0 bridgehead atoms. The molecule has 18 heavy (non-hydrogen) atoms. The summed E-state index contributed by atoms with van der Waals surface area (Å²) >= 11 is 0. The Morgan fingerprint density at radius 1 is 1.50 bits per heavy atom. The zero-order valence-corrected chi connectivity index (χ0v) is 10.2. The molecular formula is C13H13NO4. The molecule has 1 aliphatic carbocycles. The fourth-order valence-corrected chi connectivity index (χ4v) is 2.53. The lowest BCUT2D eigenvalue weighted by molar-refractivity contribution is 0.0181. The van der Waals surface area contributed by atoms with E-state index in [2.05, 4.69) is 9.72 Å². The molecule has 1 saturated carbocycles. The lowest BCUT2D eigenvalue weighted by Gasteiger charge is -2.30. The van der Waals surface area contributed by atoms with Gasteiger partial charge in [0.25, 0.3) is 0 Å². The number of nitrogens with zero attached hydrogens (tertiary/aromatic N) is 1. The van der Waals surface area contributed by atoms with Crippen molar-refractivity contribution < 1.29 is 19.1 Å². The van der Waals surface area contributed by atoms with E-state index in [0.717, 1.165) is 12.8 Å². The maximum absolute atomic E-state index is 11.8. The number of carbonyl (C=O) groups is 2. The highest BCUT2D eigenvalue weighted by Gasteiger charge is 2.56. The first-order valence-electron chi connectivity index (χ1n) is 5.89. The number of ether oxygens (including phenoxy) is 2. The molecule has 5 nitrogen and oxygen atoms in total. The highest BCUT2D eigenvalue weighted by atomic mass is 16.5. The molecular weight excluding hydrogens is 234 g/mol. The van der Waals surface area contributed by atoms with Gasteiger partial charge in [-0.3, -0.25) is 0 Å². The molecule has 1 atom stereocenters. The van der Waals surface area contributed by atoms with Crippen molar-refractivity contribution in [1.82, 2.24) is 4.98 Å². The molecule has 0 radical (unpaired) electrons. The van der Waals surface area contributed by atoms with Gasteiger partial charge in [0, 0.05) is 0 Å². The summed E-state index contributed by atoms with van der Waals surface area (Å²) in [6, 6.07) is 3.10. The Morgan fingerprint density at radius 2 is 2.22 bits per heavy atom. The van der Waals surface area contributed by atoms with Crippen LogP contribution in [0.2, 0.25) is 0 Å². The van der Waals surface area contributed by atoms with E-state index in [4.69, 9.17) is 4.74 Å². The van der Waals surface area contributed by atoms with Gasteiger partial charge in [-0.15, -0.1) is 0 Å². The van der Waals surface area contributed by atoms with Gasteiger partial charge >= 0.3 is 11.9 Å². The zero-order valence-electron chi connectivity index (χ0n) is 10.2. The first-order valence-corrected chi connectivity index (χ1v) is 5.89. The molecule has 1 aromatic heterocycles. The van der Waals surface area contributed by atoms with Gasteiger partial charge in [-0.1, -0.05) is 0 Å². The second-order valence-electron chi connectivity index (χ2n) is 4.79. The Labute approximate surface area is 104 Å². The van der Waals surface area contributed by atoms with E-state index in [1.807, 2.05) is 6.92 Å². The maximum Gasteiger partial charge on any atom is 0.356 e. The molecule has 1 spiro atoms. The lowest BCUT2D eigenvalue weighted by atomic mass is 9.89. The van der Waals surface area contributed by atoms with E-state index < -0.39 is 5.97 Å². The minimum Gasteiger partial charge on any atom is -0.464 e. The molecule has 0 N–H and O–H groups in total. The lowest BCUT2D eigenvalue weighted by Crippen LogP contribution is -2.37. The first kappa shape index (κ1) is 11.2. The van der Waals surface area contributed by atoms with Crippen molar-refractivity contribution in [3.63, 3.8) is 0 Å². The van der Waals surface area contributed by atoms with E-state index >= 15 is 0 Å². The predicted molar refractivity (Wildman–Crippen MR) is 61.4 cm³/mol. The molecule has 1 aromatic rings. The number of carbonyl (C=O) groups excluding carboxylic acids is 2. The molecule has 0 saturated heterocycles. The summed E-state index contributed by atoms with van der Waals surface area (Å²) in [5.41, 5.74) is 1.21. The van der Waals surface area contributed by atoms with Crippen LogP contribution in [-0.4, -0.2) is 30.1 Å². The number of esters is 2. The fourth-order valence-electron chi connectivity index (χ4n) is 2.53. The number of rotatable bonds is 1. The van der Waals surface area contributed by atoms with E-state index in [9.17, 15) is 9.59 Å². The summed E-state index contributed by atoms with van der Waals surface area (Å²) in [7, 11) is 1.31. The van der Waals surface area contributed by atoms with E-state index in [0.29, 0.717) is 11.3 Å². The summed E-state index contributed by atoms with van der Waals surface area (Å²) in [5.74, 6) is -0.848. The average molecular weight is 247 g/mol.